The monoisotopic (exact) mass is 692 g/mol. The molecular formula is C42H44N8O2+2. The van der Waals surface area contributed by atoms with E-state index in [9.17, 15) is 9.59 Å². The van der Waals surface area contributed by atoms with Crippen molar-refractivity contribution in [2.75, 3.05) is 34.4 Å². The molecular weight excluding hydrogens is 649 g/mol. The molecule has 0 saturated heterocycles. The fraction of sp³-hybridized carbons (Fsp3) is 0.238. The van der Waals surface area contributed by atoms with Crippen molar-refractivity contribution in [2.45, 2.75) is 39.5 Å². The molecule has 262 valence electrons. The standard InChI is InChI=1S/C42H42N8O2/c1-5-7-19-43-33-25-35(41(51)45-29-13-17-37-27(23-29)11-9-21-49(37)3)47-39-31(33)15-16-32-34(44-20-8-6-2)26-36(48-40(32)39)42(52)46-30-14-18-38-28(24-30)12-10-22-50(38)4/h9-18,21-26H,5-8,19-20H2,1-4H3,(H2-2,43,44,45,46,47,48,51,52)/p+2. The van der Waals surface area contributed by atoms with Crippen LogP contribution in [-0.2, 0) is 14.1 Å². The van der Waals surface area contributed by atoms with Crippen LogP contribution in [0, 0.1) is 0 Å². The Bertz CT molecular complexity index is 2310. The van der Waals surface area contributed by atoms with Gasteiger partial charge >= 0.3 is 0 Å². The predicted octanol–water partition coefficient (Wildman–Crippen LogP) is 7.67. The van der Waals surface area contributed by atoms with Gasteiger partial charge in [-0.25, -0.2) is 19.1 Å². The number of amides is 2. The Hall–Kier alpha value is -6.16. The summed E-state index contributed by atoms with van der Waals surface area (Å²) in [5, 5.41) is 16.9. The summed E-state index contributed by atoms with van der Waals surface area (Å²) in [5.41, 5.74) is 6.62. The minimum atomic E-state index is -0.336. The molecule has 0 radical (unpaired) electrons. The van der Waals surface area contributed by atoms with Crippen molar-refractivity contribution in [3.8, 4) is 0 Å². The van der Waals surface area contributed by atoms with E-state index in [1.54, 1.807) is 12.1 Å². The van der Waals surface area contributed by atoms with Crippen LogP contribution in [0.25, 0.3) is 43.6 Å². The lowest BCUT2D eigenvalue weighted by Gasteiger charge is -2.16. The van der Waals surface area contributed by atoms with Crippen molar-refractivity contribution in [3.05, 3.63) is 109 Å². The lowest BCUT2D eigenvalue weighted by molar-refractivity contribution is -0.645. The second kappa shape index (κ2) is 15.0. The molecule has 0 aliphatic carbocycles. The van der Waals surface area contributed by atoms with E-state index in [2.05, 4.69) is 35.1 Å². The summed E-state index contributed by atoms with van der Waals surface area (Å²) in [7, 11) is 3.99. The number of nitrogens with one attached hydrogen (secondary N) is 4. The molecule has 0 unspecified atom stereocenters. The number of unbranched alkanes of at least 4 members (excludes halogenated alkanes) is 2. The molecule has 0 fully saturated rings. The molecule has 4 heterocycles. The minimum absolute atomic E-state index is 0.249. The van der Waals surface area contributed by atoms with Crippen LogP contribution in [-0.4, -0.2) is 34.9 Å². The van der Waals surface area contributed by atoms with Gasteiger partial charge in [0.25, 0.3) is 11.8 Å². The summed E-state index contributed by atoms with van der Waals surface area (Å²) < 4.78 is 4.08. The molecule has 3 aromatic carbocycles. The van der Waals surface area contributed by atoms with E-state index in [0.717, 1.165) is 82.7 Å². The third kappa shape index (κ3) is 7.05. The van der Waals surface area contributed by atoms with E-state index in [1.165, 1.54) is 0 Å². The summed E-state index contributed by atoms with van der Waals surface area (Å²) in [4.78, 5) is 37.7. The average molecular weight is 693 g/mol. The van der Waals surface area contributed by atoms with Crippen LogP contribution < -0.4 is 30.4 Å². The second-order valence-electron chi connectivity index (χ2n) is 13.2. The van der Waals surface area contributed by atoms with Crippen molar-refractivity contribution in [1.29, 1.82) is 0 Å². The third-order valence-electron chi connectivity index (χ3n) is 9.42. The van der Waals surface area contributed by atoms with Crippen molar-refractivity contribution in [2.24, 2.45) is 14.1 Å². The number of carbonyl (C=O) groups is 2. The van der Waals surface area contributed by atoms with E-state index in [0.29, 0.717) is 22.4 Å². The number of hydrogen-bond acceptors (Lipinski definition) is 6. The summed E-state index contributed by atoms with van der Waals surface area (Å²) in [6.45, 7) is 5.76. The summed E-state index contributed by atoms with van der Waals surface area (Å²) in [6, 6.07) is 27.3. The predicted molar refractivity (Wildman–Crippen MR) is 210 cm³/mol. The van der Waals surface area contributed by atoms with Crippen molar-refractivity contribution >= 4 is 78.2 Å². The van der Waals surface area contributed by atoms with Gasteiger partial charge in [0, 0.05) is 81.6 Å². The molecule has 10 nitrogen and oxygen atoms in total. The zero-order valence-electron chi connectivity index (χ0n) is 30.1. The van der Waals surface area contributed by atoms with E-state index < -0.39 is 0 Å². The minimum Gasteiger partial charge on any atom is -0.384 e. The van der Waals surface area contributed by atoms with Crippen molar-refractivity contribution in [3.63, 3.8) is 0 Å². The van der Waals surface area contributed by atoms with Crippen LogP contribution in [0.2, 0.25) is 0 Å². The Morgan fingerprint density at radius 2 is 1.04 bits per heavy atom. The van der Waals surface area contributed by atoms with Gasteiger partial charge in [0.05, 0.1) is 11.0 Å². The number of benzene rings is 3. The molecule has 0 bridgehead atoms. The first-order valence-corrected chi connectivity index (χ1v) is 18.0. The first kappa shape index (κ1) is 34.3. The maximum absolute atomic E-state index is 13.9. The summed E-state index contributed by atoms with van der Waals surface area (Å²) in [6.07, 6.45) is 7.97. The van der Waals surface area contributed by atoms with Gasteiger partial charge in [-0.2, -0.15) is 0 Å². The quantitative estimate of drug-likeness (QED) is 0.0594. The lowest BCUT2D eigenvalue weighted by Crippen LogP contribution is -2.27. The highest BCUT2D eigenvalue weighted by Crippen LogP contribution is 2.34. The molecule has 10 heteroatoms. The summed E-state index contributed by atoms with van der Waals surface area (Å²) in [5.74, 6) is -0.672. The fourth-order valence-electron chi connectivity index (χ4n) is 6.58. The lowest BCUT2D eigenvalue weighted by atomic mass is 10.1. The van der Waals surface area contributed by atoms with Crippen LogP contribution in [0.3, 0.4) is 0 Å². The summed E-state index contributed by atoms with van der Waals surface area (Å²) >= 11 is 0. The van der Waals surface area contributed by atoms with Gasteiger partial charge in [-0.05, 0) is 73.5 Å². The zero-order chi connectivity index (χ0) is 36.2. The number of rotatable bonds is 12. The normalized spacial score (nSPS) is 11.3. The Balaban J connectivity index is 1.32. The maximum Gasteiger partial charge on any atom is 0.274 e. The Morgan fingerprint density at radius 1 is 0.596 bits per heavy atom. The van der Waals surface area contributed by atoms with Crippen LogP contribution in [0.4, 0.5) is 22.7 Å². The number of carbonyl (C=O) groups excluding carboxylic acids is 2. The van der Waals surface area contributed by atoms with Crippen molar-refractivity contribution in [1.82, 2.24) is 9.97 Å². The number of fused-ring (bicyclic) bond motifs is 5. The fourth-order valence-corrected chi connectivity index (χ4v) is 6.58. The van der Waals surface area contributed by atoms with Gasteiger partial charge in [0.2, 0.25) is 11.0 Å². The van der Waals surface area contributed by atoms with Crippen molar-refractivity contribution < 1.29 is 18.7 Å². The van der Waals surface area contributed by atoms with Crippen LogP contribution in [0.1, 0.15) is 60.5 Å². The van der Waals surface area contributed by atoms with E-state index >= 15 is 0 Å². The number of anilines is 4. The second-order valence-corrected chi connectivity index (χ2v) is 13.2. The number of pyridine rings is 4. The highest BCUT2D eigenvalue weighted by Gasteiger charge is 2.20. The van der Waals surface area contributed by atoms with E-state index in [4.69, 9.17) is 9.97 Å². The van der Waals surface area contributed by atoms with Gasteiger partial charge in [0.1, 0.15) is 25.5 Å². The Labute approximate surface area is 302 Å². The highest BCUT2D eigenvalue weighted by molar-refractivity contribution is 6.15. The van der Waals surface area contributed by atoms with E-state index in [-0.39, 0.29) is 23.2 Å². The third-order valence-corrected chi connectivity index (χ3v) is 9.42. The van der Waals surface area contributed by atoms with Crippen LogP contribution in [0.5, 0.6) is 0 Å². The number of hydrogen-bond donors (Lipinski definition) is 4. The first-order valence-electron chi connectivity index (χ1n) is 18.0. The Kier molecular flexibility index (Phi) is 9.88. The Morgan fingerprint density at radius 3 is 1.46 bits per heavy atom. The maximum atomic E-state index is 13.9. The van der Waals surface area contributed by atoms with E-state index in [1.807, 2.05) is 108 Å². The van der Waals surface area contributed by atoms with Gasteiger partial charge in [0.15, 0.2) is 12.4 Å². The number of nitrogens with zero attached hydrogens (tertiary/aromatic N) is 4. The molecule has 52 heavy (non-hydrogen) atoms. The van der Waals surface area contributed by atoms with Gasteiger partial charge in [-0.1, -0.05) is 26.7 Å². The molecule has 0 atom stereocenters. The molecule has 0 aliphatic heterocycles. The molecule has 4 aromatic heterocycles. The van der Waals surface area contributed by atoms with Gasteiger partial charge in [-0.15, -0.1) is 0 Å². The topological polar surface area (TPSA) is 116 Å². The smallest absolute Gasteiger partial charge is 0.274 e. The molecule has 0 aliphatic rings. The molecule has 0 spiro atoms. The zero-order valence-corrected chi connectivity index (χ0v) is 30.1. The molecule has 7 aromatic rings. The highest BCUT2D eigenvalue weighted by atomic mass is 16.2. The van der Waals surface area contributed by atoms with Crippen LogP contribution >= 0.6 is 0 Å². The largest absolute Gasteiger partial charge is 0.384 e. The molecule has 0 saturated carbocycles. The average Bonchev–Trinajstić information content (AvgIpc) is 3.14. The molecule has 7 rings (SSSR count). The first-order chi connectivity index (χ1) is 25.3. The number of aromatic nitrogens is 4. The number of aryl methyl sites for hydroxylation is 2. The SMILES string of the molecule is CCCCNc1cc(C(=O)Nc2ccc3c(ccc[n+]3C)c2)nc2c1ccc1c(NCCCC)cc(C(=O)Nc3ccc4c(ccc[n+]4C)c3)nc12. The van der Waals surface area contributed by atoms with Crippen LogP contribution in [0.15, 0.2) is 97.3 Å². The molecule has 4 N–H and O–H groups in total. The van der Waals surface area contributed by atoms with Gasteiger partial charge in [-0.3, -0.25) is 9.59 Å². The molecule has 2 amide bonds. The van der Waals surface area contributed by atoms with Gasteiger partial charge < -0.3 is 21.3 Å².